The molecule has 0 aliphatic heterocycles. The van der Waals surface area contributed by atoms with Gasteiger partial charge in [0.05, 0.1) is 0 Å². The number of nitrogens with one attached hydrogen (secondary N) is 1. The van der Waals surface area contributed by atoms with E-state index in [1.807, 2.05) is 5.32 Å². The van der Waals surface area contributed by atoms with Gasteiger partial charge in [-0.25, -0.2) is 0 Å². The van der Waals surface area contributed by atoms with Crippen molar-refractivity contribution in [3.8, 4) is 0 Å². The smallest absolute Gasteiger partial charge is 0.341 e. The second kappa shape index (κ2) is 4.33. The quantitative estimate of drug-likeness (QED) is 0.809. The molecule has 1 aromatic carbocycles. The number of halogens is 3. The molecule has 0 spiro atoms. The van der Waals surface area contributed by atoms with Crippen LogP contribution in [0.4, 0.5) is 13.2 Å². The van der Waals surface area contributed by atoms with Crippen molar-refractivity contribution in [2.45, 2.75) is 19.1 Å². The minimum absolute atomic E-state index is 0.216. The molecule has 1 N–H and O–H groups in total. The molecule has 1 atom stereocenters. The summed E-state index contributed by atoms with van der Waals surface area (Å²) in [7, 11) is 0. The van der Waals surface area contributed by atoms with Crippen molar-refractivity contribution < 1.29 is 18.0 Å². The normalized spacial score (nSPS) is 13.3. The van der Waals surface area contributed by atoms with Gasteiger partial charge in [-0.1, -0.05) is 18.2 Å². The van der Waals surface area contributed by atoms with Gasteiger partial charge in [0, 0.05) is 5.56 Å². The van der Waals surface area contributed by atoms with Crippen molar-refractivity contribution in [2.75, 3.05) is 0 Å². The Morgan fingerprint density at radius 3 is 2.27 bits per heavy atom. The Bertz CT molecular complexity index is 334. The van der Waals surface area contributed by atoms with Crippen LogP contribution in [0, 0.1) is 0 Å². The number of alkyl halides is 3. The number of hydrogen-bond donors (Lipinski definition) is 1. The molecule has 5 heteroatoms. The van der Waals surface area contributed by atoms with E-state index in [9.17, 15) is 18.0 Å². The van der Waals surface area contributed by atoms with Crippen molar-refractivity contribution >= 4 is 5.91 Å². The van der Waals surface area contributed by atoms with E-state index in [4.69, 9.17) is 0 Å². The average molecular weight is 217 g/mol. The van der Waals surface area contributed by atoms with Crippen LogP contribution in [0.15, 0.2) is 30.3 Å². The third-order valence-corrected chi connectivity index (χ3v) is 1.87. The van der Waals surface area contributed by atoms with E-state index in [0.29, 0.717) is 0 Å². The predicted octanol–water partition coefficient (Wildman–Crippen LogP) is 2.37. The highest BCUT2D eigenvalue weighted by molar-refractivity contribution is 5.94. The van der Waals surface area contributed by atoms with E-state index >= 15 is 0 Å². The van der Waals surface area contributed by atoms with E-state index in [1.54, 1.807) is 18.2 Å². The van der Waals surface area contributed by atoms with Crippen molar-refractivity contribution in [1.82, 2.24) is 5.32 Å². The molecule has 0 bridgehead atoms. The first-order chi connectivity index (χ1) is 6.91. The van der Waals surface area contributed by atoms with Gasteiger partial charge in [0.25, 0.3) is 5.91 Å². The monoisotopic (exact) mass is 217 g/mol. The van der Waals surface area contributed by atoms with Gasteiger partial charge < -0.3 is 5.32 Å². The van der Waals surface area contributed by atoms with Gasteiger partial charge in [0.15, 0.2) is 0 Å². The molecular formula is C10H10F3NO. The molecule has 82 valence electrons. The van der Waals surface area contributed by atoms with Crippen molar-refractivity contribution in [3.63, 3.8) is 0 Å². The highest BCUT2D eigenvalue weighted by Gasteiger charge is 2.36. The fraction of sp³-hybridized carbons (Fsp3) is 0.300. The van der Waals surface area contributed by atoms with Crippen LogP contribution >= 0.6 is 0 Å². The van der Waals surface area contributed by atoms with Gasteiger partial charge in [-0.15, -0.1) is 0 Å². The van der Waals surface area contributed by atoms with Gasteiger partial charge in [-0.2, -0.15) is 13.2 Å². The summed E-state index contributed by atoms with van der Waals surface area (Å²) in [6.07, 6.45) is -4.41. The zero-order chi connectivity index (χ0) is 11.5. The van der Waals surface area contributed by atoms with E-state index < -0.39 is 18.1 Å². The lowest BCUT2D eigenvalue weighted by Gasteiger charge is -2.16. The summed E-state index contributed by atoms with van der Waals surface area (Å²) in [6, 6.07) is 5.94. The van der Waals surface area contributed by atoms with Gasteiger partial charge >= 0.3 is 6.18 Å². The van der Waals surface area contributed by atoms with E-state index in [1.165, 1.54) is 12.1 Å². The molecule has 0 saturated heterocycles. The lowest BCUT2D eigenvalue weighted by molar-refractivity contribution is -0.149. The van der Waals surface area contributed by atoms with E-state index in [2.05, 4.69) is 0 Å². The number of amides is 1. The van der Waals surface area contributed by atoms with Crippen molar-refractivity contribution in [1.29, 1.82) is 0 Å². The minimum Gasteiger partial charge on any atom is -0.341 e. The SMILES string of the molecule is C[C@H](NC(=O)c1ccccc1)C(F)(F)F. The summed E-state index contributed by atoms with van der Waals surface area (Å²) in [4.78, 5) is 11.3. The highest BCUT2D eigenvalue weighted by Crippen LogP contribution is 2.19. The van der Waals surface area contributed by atoms with Gasteiger partial charge in [-0.05, 0) is 19.1 Å². The molecule has 1 aromatic rings. The first-order valence-corrected chi connectivity index (χ1v) is 4.34. The molecule has 15 heavy (non-hydrogen) atoms. The average Bonchev–Trinajstić information content (AvgIpc) is 2.17. The molecule has 0 fully saturated rings. The second-order valence-corrected chi connectivity index (χ2v) is 3.10. The largest absolute Gasteiger partial charge is 0.408 e. The van der Waals surface area contributed by atoms with Crippen LogP contribution in [0.2, 0.25) is 0 Å². The van der Waals surface area contributed by atoms with Gasteiger partial charge in [-0.3, -0.25) is 4.79 Å². The topological polar surface area (TPSA) is 29.1 Å². The molecule has 0 aromatic heterocycles. The van der Waals surface area contributed by atoms with Crippen LogP contribution in [-0.2, 0) is 0 Å². The first-order valence-electron chi connectivity index (χ1n) is 4.34. The number of hydrogen-bond acceptors (Lipinski definition) is 1. The Kier molecular flexibility index (Phi) is 3.34. The highest BCUT2D eigenvalue weighted by atomic mass is 19.4. The minimum atomic E-state index is -4.41. The molecule has 0 aliphatic rings. The second-order valence-electron chi connectivity index (χ2n) is 3.10. The molecule has 0 aliphatic carbocycles. The zero-order valence-electron chi connectivity index (χ0n) is 8.01. The molecule has 1 amide bonds. The molecule has 0 radical (unpaired) electrons. The Balaban J connectivity index is 2.65. The number of rotatable bonds is 2. The van der Waals surface area contributed by atoms with Crippen LogP contribution in [-0.4, -0.2) is 18.1 Å². The number of benzene rings is 1. The maximum absolute atomic E-state index is 12.1. The lowest BCUT2D eigenvalue weighted by Crippen LogP contribution is -2.43. The molecular weight excluding hydrogens is 207 g/mol. The number of carbonyl (C=O) groups excluding carboxylic acids is 1. The molecule has 0 heterocycles. The van der Waals surface area contributed by atoms with Crippen LogP contribution in [0.5, 0.6) is 0 Å². The zero-order valence-corrected chi connectivity index (χ0v) is 8.01. The Hall–Kier alpha value is -1.52. The van der Waals surface area contributed by atoms with Gasteiger partial charge in [0.2, 0.25) is 0 Å². The van der Waals surface area contributed by atoms with Crippen LogP contribution < -0.4 is 5.32 Å². The van der Waals surface area contributed by atoms with Crippen molar-refractivity contribution in [2.24, 2.45) is 0 Å². The summed E-state index contributed by atoms with van der Waals surface area (Å²) < 4.78 is 36.3. The third-order valence-electron chi connectivity index (χ3n) is 1.87. The molecule has 1 rings (SSSR count). The summed E-state index contributed by atoms with van der Waals surface area (Å²) in [5, 5.41) is 1.87. The Labute approximate surface area is 85.1 Å². The third kappa shape index (κ3) is 3.27. The maximum atomic E-state index is 12.1. The van der Waals surface area contributed by atoms with Crippen molar-refractivity contribution in [3.05, 3.63) is 35.9 Å². The van der Waals surface area contributed by atoms with Crippen LogP contribution in [0.25, 0.3) is 0 Å². The fourth-order valence-corrected chi connectivity index (χ4v) is 0.951. The van der Waals surface area contributed by atoms with Crippen LogP contribution in [0.1, 0.15) is 17.3 Å². The lowest BCUT2D eigenvalue weighted by atomic mass is 10.2. The fourth-order valence-electron chi connectivity index (χ4n) is 0.951. The predicted molar refractivity (Wildman–Crippen MR) is 49.4 cm³/mol. The summed E-state index contributed by atoms with van der Waals surface area (Å²) in [6.45, 7) is 0.904. The first kappa shape index (κ1) is 11.6. The van der Waals surface area contributed by atoms with Crippen LogP contribution in [0.3, 0.4) is 0 Å². The summed E-state index contributed by atoms with van der Waals surface area (Å²) in [5.41, 5.74) is 0.216. The molecule has 0 saturated carbocycles. The summed E-state index contributed by atoms with van der Waals surface area (Å²) in [5.74, 6) is -0.722. The van der Waals surface area contributed by atoms with E-state index in [0.717, 1.165) is 6.92 Å². The molecule has 0 unspecified atom stereocenters. The molecule has 2 nitrogen and oxygen atoms in total. The standard InChI is InChI=1S/C10H10F3NO/c1-7(10(11,12)13)14-9(15)8-5-3-2-4-6-8/h2-7H,1H3,(H,14,15)/t7-/m0/s1. The maximum Gasteiger partial charge on any atom is 0.408 e. The number of carbonyl (C=O) groups is 1. The summed E-state index contributed by atoms with van der Waals surface area (Å²) >= 11 is 0. The van der Waals surface area contributed by atoms with E-state index in [-0.39, 0.29) is 5.56 Å². The Morgan fingerprint density at radius 1 is 1.27 bits per heavy atom. The van der Waals surface area contributed by atoms with Gasteiger partial charge in [0.1, 0.15) is 6.04 Å². The Morgan fingerprint density at radius 2 is 1.80 bits per heavy atom.